The summed E-state index contributed by atoms with van der Waals surface area (Å²) < 4.78 is 1.90. The van der Waals surface area contributed by atoms with Crippen molar-refractivity contribution < 1.29 is 14.4 Å². The molecule has 0 aliphatic carbocycles. The normalized spacial score (nSPS) is 24.0. The number of hydrogen-bond donors (Lipinski definition) is 2. The van der Waals surface area contributed by atoms with Crippen LogP contribution in [-0.4, -0.2) is 61.6 Å². The Morgan fingerprint density at radius 2 is 2.06 bits per heavy atom. The number of rotatable bonds is 5. The summed E-state index contributed by atoms with van der Waals surface area (Å²) in [5.41, 5.74) is 9.06. The van der Waals surface area contributed by atoms with Crippen LogP contribution in [0.15, 0.2) is 24.4 Å². The highest BCUT2D eigenvalue weighted by atomic mass is 16.2. The number of hydrogen-bond acceptors (Lipinski definition) is 7. The van der Waals surface area contributed by atoms with E-state index in [1.165, 1.54) is 0 Å². The van der Waals surface area contributed by atoms with Gasteiger partial charge in [0, 0.05) is 44.7 Å². The Labute approximate surface area is 179 Å². The quantitative estimate of drug-likeness (QED) is 0.646. The molecule has 1 aromatic carbocycles. The molecule has 1 aromatic heterocycles. The predicted molar refractivity (Wildman–Crippen MR) is 109 cm³/mol. The average molecular weight is 423 g/mol. The van der Waals surface area contributed by atoms with Crippen molar-refractivity contribution in [1.82, 2.24) is 30.1 Å². The molecule has 2 fully saturated rings. The summed E-state index contributed by atoms with van der Waals surface area (Å²) >= 11 is 0. The highest BCUT2D eigenvalue weighted by molar-refractivity contribution is 6.05. The Balaban J connectivity index is 1.25. The Bertz CT molecular complexity index is 1050. The minimum absolute atomic E-state index is 0.137. The zero-order chi connectivity index (χ0) is 21.5. The van der Waals surface area contributed by atoms with E-state index >= 15 is 0 Å². The molecule has 0 saturated carbocycles. The number of imide groups is 1. The molecule has 10 nitrogen and oxygen atoms in total. The van der Waals surface area contributed by atoms with E-state index in [0.717, 1.165) is 42.9 Å². The number of nitrogens with two attached hydrogens (primary N) is 1. The molecule has 0 spiro atoms. The molecule has 10 heteroatoms. The number of fused-ring (bicyclic) bond motifs is 1. The van der Waals surface area contributed by atoms with Crippen molar-refractivity contribution in [2.45, 2.75) is 51.0 Å². The largest absolute Gasteiger partial charge is 0.325 e. The van der Waals surface area contributed by atoms with E-state index in [1.54, 1.807) is 4.90 Å². The lowest BCUT2D eigenvalue weighted by atomic mass is 10.0. The monoisotopic (exact) mass is 423 g/mol. The van der Waals surface area contributed by atoms with Gasteiger partial charge in [-0.2, -0.15) is 0 Å². The molecule has 3 aliphatic rings. The highest BCUT2D eigenvalue weighted by Crippen LogP contribution is 2.29. The van der Waals surface area contributed by atoms with Gasteiger partial charge in [0.05, 0.1) is 17.9 Å². The maximum Gasteiger partial charge on any atom is 0.255 e. The zero-order valence-electron chi connectivity index (χ0n) is 17.2. The number of benzene rings is 1. The van der Waals surface area contributed by atoms with E-state index in [4.69, 9.17) is 5.73 Å². The molecule has 2 aromatic rings. The number of piperidine rings is 1. The van der Waals surface area contributed by atoms with Gasteiger partial charge in [-0.25, -0.2) is 4.68 Å². The third-order valence-corrected chi connectivity index (χ3v) is 6.39. The predicted octanol–water partition coefficient (Wildman–Crippen LogP) is -0.0552. The molecule has 2 atom stereocenters. The average Bonchev–Trinajstić information content (AvgIpc) is 3.48. The minimum Gasteiger partial charge on any atom is -0.325 e. The summed E-state index contributed by atoms with van der Waals surface area (Å²) in [6.45, 7) is 3.34. The number of nitrogens with one attached hydrogen (secondary N) is 1. The lowest BCUT2D eigenvalue weighted by Gasteiger charge is -2.29. The summed E-state index contributed by atoms with van der Waals surface area (Å²) in [7, 11) is 0. The summed E-state index contributed by atoms with van der Waals surface area (Å²) in [5, 5.41) is 10.6. The maximum atomic E-state index is 13.0. The van der Waals surface area contributed by atoms with Crippen molar-refractivity contribution in [2.24, 2.45) is 5.73 Å². The zero-order valence-corrected chi connectivity index (χ0v) is 17.2. The van der Waals surface area contributed by atoms with Crippen LogP contribution in [0.5, 0.6) is 0 Å². The summed E-state index contributed by atoms with van der Waals surface area (Å²) in [6, 6.07) is 5.66. The number of carbonyl (C=O) groups is 3. The first-order valence-electron chi connectivity index (χ1n) is 10.6. The molecule has 5 rings (SSSR count). The van der Waals surface area contributed by atoms with Gasteiger partial charge < -0.3 is 10.6 Å². The van der Waals surface area contributed by atoms with E-state index in [1.807, 2.05) is 23.0 Å². The first-order chi connectivity index (χ1) is 15.0. The first-order valence-corrected chi connectivity index (χ1v) is 10.6. The lowest BCUT2D eigenvalue weighted by Crippen LogP contribution is -2.52. The number of likely N-dealkylation sites (tertiary alicyclic amines) is 1. The van der Waals surface area contributed by atoms with Gasteiger partial charge in [-0.15, -0.1) is 5.10 Å². The van der Waals surface area contributed by atoms with E-state index in [-0.39, 0.29) is 30.2 Å². The van der Waals surface area contributed by atoms with Crippen LogP contribution < -0.4 is 11.1 Å². The number of amides is 3. The van der Waals surface area contributed by atoms with Crippen molar-refractivity contribution >= 4 is 17.7 Å². The Kier molecular flexibility index (Phi) is 5.03. The summed E-state index contributed by atoms with van der Waals surface area (Å²) in [6.07, 6.45) is 3.53. The topological polar surface area (TPSA) is 126 Å². The SMILES string of the molecule is NCc1cn(C2CCN(Cc3ccc4c(c3)C(=O)N(C3CCC(=O)NC3=O)C4)C2)nn1. The van der Waals surface area contributed by atoms with Crippen LogP contribution in [0.25, 0.3) is 0 Å². The first kappa shape index (κ1) is 19.8. The van der Waals surface area contributed by atoms with Crippen molar-refractivity contribution in [3.8, 4) is 0 Å². The van der Waals surface area contributed by atoms with Crippen LogP contribution >= 0.6 is 0 Å². The molecule has 3 N–H and O–H groups in total. The highest BCUT2D eigenvalue weighted by Gasteiger charge is 2.39. The Morgan fingerprint density at radius 3 is 2.84 bits per heavy atom. The molecule has 0 radical (unpaired) electrons. The molecular weight excluding hydrogens is 398 g/mol. The van der Waals surface area contributed by atoms with Gasteiger partial charge in [-0.05, 0) is 30.0 Å². The van der Waals surface area contributed by atoms with Gasteiger partial charge in [0.25, 0.3) is 5.91 Å². The second-order valence-corrected chi connectivity index (χ2v) is 8.46. The van der Waals surface area contributed by atoms with Crippen molar-refractivity contribution in [3.05, 3.63) is 46.8 Å². The number of aromatic nitrogens is 3. The van der Waals surface area contributed by atoms with Crippen molar-refractivity contribution in [2.75, 3.05) is 13.1 Å². The smallest absolute Gasteiger partial charge is 0.255 e. The molecule has 0 bridgehead atoms. The van der Waals surface area contributed by atoms with Gasteiger partial charge in [0.15, 0.2) is 0 Å². The molecule has 162 valence electrons. The van der Waals surface area contributed by atoms with Gasteiger partial charge >= 0.3 is 0 Å². The van der Waals surface area contributed by atoms with Crippen molar-refractivity contribution in [1.29, 1.82) is 0 Å². The van der Waals surface area contributed by atoms with Crippen LogP contribution in [0, 0.1) is 0 Å². The number of carbonyl (C=O) groups excluding carboxylic acids is 3. The molecule has 4 heterocycles. The van der Waals surface area contributed by atoms with Crippen LogP contribution in [-0.2, 0) is 29.2 Å². The Morgan fingerprint density at radius 1 is 1.19 bits per heavy atom. The van der Waals surface area contributed by atoms with Gasteiger partial charge in [-0.3, -0.25) is 24.6 Å². The van der Waals surface area contributed by atoms with Crippen LogP contribution in [0.4, 0.5) is 0 Å². The fraction of sp³-hybridized carbons (Fsp3) is 0.476. The molecule has 3 aliphatic heterocycles. The summed E-state index contributed by atoms with van der Waals surface area (Å²) in [5.74, 6) is -0.795. The van der Waals surface area contributed by atoms with E-state index in [2.05, 4.69) is 26.6 Å². The van der Waals surface area contributed by atoms with Gasteiger partial charge in [0.2, 0.25) is 11.8 Å². The van der Waals surface area contributed by atoms with Crippen molar-refractivity contribution in [3.63, 3.8) is 0 Å². The molecular formula is C21H25N7O3. The van der Waals surface area contributed by atoms with Crippen LogP contribution in [0.3, 0.4) is 0 Å². The minimum atomic E-state index is -0.582. The van der Waals surface area contributed by atoms with Crippen LogP contribution in [0.1, 0.15) is 52.5 Å². The number of nitrogens with zero attached hydrogens (tertiary/aromatic N) is 5. The fourth-order valence-electron chi connectivity index (χ4n) is 4.72. The van der Waals surface area contributed by atoms with E-state index in [9.17, 15) is 14.4 Å². The molecule has 3 amide bonds. The second-order valence-electron chi connectivity index (χ2n) is 8.46. The molecule has 2 saturated heterocycles. The lowest BCUT2D eigenvalue weighted by molar-refractivity contribution is -0.136. The standard InChI is InChI=1S/C21H25N7O3/c22-8-15-11-28(25-24-15)16-5-6-26(12-16)9-13-1-2-14-10-27(21(31)17(14)7-13)18-3-4-19(29)23-20(18)30/h1-2,7,11,16,18H,3-6,8-10,12,22H2,(H,23,29,30). The van der Waals surface area contributed by atoms with E-state index in [0.29, 0.717) is 25.1 Å². The maximum absolute atomic E-state index is 13.0. The summed E-state index contributed by atoms with van der Waals surface area (Å²) in [4.78, 5) is 40.5. The third-order valence-electron chi connectivity index (χ3n) is 6.39. The van der Waals surface area contributed by atoms with Gasteiger partial charge in [0.1, 0.15) is 6.04 Å². The third kappa shape index (κ3) is 3.72. The Hall–Kier alpha value is -3.11. The fourth-order valence-corrected chi connectivity index (χ4v) is 4.72. The second kappa shape index (κ2) is 7.86. The van der Waals surface area contributed by atoms with Gasteiger partial charge in [-0.1, -0.05) is 17.3 Å². The van der Waals surface area contributed by atoms with Crippen LogP contribution in [0.2, 0.25) is 0 Å². The van der Waals surface area contributed by atoms with E-state index < -0.39 is 6.04 Å². The molecule has 2 unspecified atom stereocenters. The molecule has 31 heavy (non-hydrogen) atoms.